The van der Waals surface area contributed by atoms with E-state index in [1.807, 2.05) is 31.2 Å². The number of aromatic nitrogens is 3. The lowest BCUT2D eigenvalue weighted by atomic mass is 9.71. The number of halogens is 1. The first-order valence-corrected chi connectivity index (χ1v) is 11.9. The zero-order chi connectivity index (χ0) is 24.0. The van der Waals surface area contributed by atoms with Crippen LogP contribution in [0.2, 0.25) is 0 Å². The number of carbonyl (C=O) groups is 1. The highest BCUT2D eigenvalue weighted by atomic mass is 19.1. The molecule has 9 nitrogen and oxygen atoms in total. The van der Waals surface area contributed by atoms with E-state index in [1.54, 1.807) is 0 Å². The molecule has 0 unspecified atom stereocenters. The van der Waals surface area contributed by atoms with Crippen molar-refractivity contribution in [2.24, 2.45) is 0 Å². The SMILES string of the molecule is Cc1ccc2ncc(F)c(NCC34CCC(NCc5ccc6c(n5)NC(=O)CO6)(CC3)CO4)c2n1. The van der Waals surface area contributed by atoms with Gasteiger partial charge in [0.1, 0.15) is 11.2 Å². The Bertz CT molecular complexity index is 1290. The van der Waals surface area contributed by atoms with Crippen LogP contribution >= 0.6 is 0 Å². The van der Waals surface area contributed by atoms with Crippen molar-refractivity contribution in [2.75, 3.05) is 30.4 Å². The Morgan fingerprint density at radius 2 is 2.00 bits per heavy atom. The third kappa shape index (κ3) is 4.17. The fourth-order valence-electron chi connectivity index (χ4n) is 5.16. The molecular formula is C25H27FN6O3. The van der Waals surface area contributed by atoms with Crippen LogP contribution in [0.5, 0.6) is 5.75 Å². The quantitative estimate of drug-likeness (QED) is 0.496. The maximum atomic E-state index is 14.6. The van der Waals surface area contributed by atoms with Gasteiger partial charge in [-0.1, -0.05) is 0 Å². The van der Waals surface area contributed by atoms with Gasteiger partial charge in [0, 0.05) is 24.3 Å². The second-order valence-electron chi connectivity index (χ2n) is 9.75. The third-order valence-electron chi connectivity index (χ3n) is 7.34. The van der Waals surface area contributed by atoms with Gasteiger partial charge in [-0.15, -0.1) is 0 Å². The van der Waals surface area contributed by atoms with Gasteiger partial charge in [-0.25, -0.2) is 14.4 Å². The monoisotopic (exact) mass is 478 g/mol. The number of hydrogen-bond donors (Lipinski definition) is 3. The van der Waals surface area contributed by atoms with Crippen molar-refractivity contribution in [1.29, 1.82) is 0 Å². The van der Waals surface area contributed by atoms with Gasteiger partial charge < -0.3 is 25.4 Å². The highest BCUT2D eigenvalue weighted by Gasteiger charge is 2.49. The van der Waals surface area contributed by atoms with E-state index in [-0.39, 0.29) is 23.7 Å². The standard InChI is InChI=1S/C25H27FN6O3/c1-15-2-4-18-22(30-15)21(17(26)11-27-18)28-13-25-8-6-24(7-9-25,14-35-25)29-10-16-3-5-19-23(31-16)32-20(33)12-34-19/h2-5,11,29H,6-10,12-14H2,1H3,(H,27,28)(H,31,32,33). The van der Waals surface area contributed by atoms with Crippen LogP contribution in [0.3, 0.4) is 0 Å². The van der Waals surface area contributed by atoms with E-state index >= 15 is 0 Å². The second-order valence-corrected chi connectivity index (χ2v) is 9.75. The molecule has 0 aromatic carbocycles. The summed E-state index contributed by atoms with van der Waals surface area (Å²) in [6.45, 7) is 3.56. The molecule has 1 aliphatic carbocycles. The van der Waals surface area contributed by atoms with Crippen LogP contribution in [0, 0.1) is 12.7 Å². The molecule has 182 valence electrons. The van der Waals surface area contributed by atoms with Gasteiger partial charge in [0.2, 0.25) is 0 Å². The average Bonchev–Trinajstić information content (AvgIpc) is 2.88. The number of anilines is 2. The van der Waals surface area contributed by atoms with Crippen molar-refractivity contribution < 1.29 is 18.7 Å². The second kappa shape index (κ2) is 8.39. The van der Waals surface area contributed by atoms with Crippen molar-refractivity contribution in [2.45, 2.75) is 50.3 Å². The molecule has 0 radical (unpaired) electrons. The molecule has 10 heteroatoms. The molecular weight excluding hydrogens is 451 g/mol. The molecule has 3 aromatic heterocycles. The Morgan fingerprint density at radius 1 is 1.14 bits per heavy atom. The number of nitrogens with one attached hydrogen (secondary N) is 3. The van der Waals surface area contributed by atoms with Crippen LogP contribution in [0.4, 0.5) is 15.9 Å². The van der Waals surface area contributed by atoms with E-state index in [2.05, 4.69) is 30.9 Å². The summed E-state index contributed by atoms with van der Waals surface area (Å²) in [6.07, 6.45) is 4.88. The minimum absolute atomic E-state index is 0.0174. The Labute approximate surface area is 201 Å². The van der Waals surface area contributed by atoms with Gasteiger partial charge in [0.25, 0.3) is 5.91 Å². The Morgan fingerprint density at radius 3 is 2.80 bits per heavy atom. The molecule has 2 bridgehead atoms. The van der Waals surface area contributed by atoms with Crippen molar-refractivity contribution in [3.8, 4) is 5.75 Å². The highest BCUT2D eigenvalue weighted by Crippen LogP contribution is 2.44. The maximum absolute atomic E-state index is 14.6. The molecule has 3 N–H and O–H groups in total. The predicted molar refractivity (Wildman–Crippen MR) is 128 cm³/mol. The summed E-state index contributed by atoms with van der Waals surface area (Å²) in [4.78, 5) is 24.8. The van der Waals surface area contributed by atoms with Crippen molar-refractivity contribution in [1.82, 2.24) is 20.3 Å². The lowest BCUT2D eigenvalue weighted by Gasteiger charge is -2.53. The molecule has 3 fully saturated rings. The van der Waals surface area contributed by atoms with Crippen LogP contribution in [0.1, 0.15) is 37.1 Å². The molecule has 1 saturated carbocycles. The lowest BCUT2D eigenvalue weighted by molar-refractivity contribution is -0.154. The van der Waals surface area contributed by atoms with Crippen LogP contribution in [-0.4, -0.2) is 51.8 Å². The summed E-state index contributed by atoms with van der Waals surface area (Å²) in [6, 6.07) is 7.47. The third-order valence-corrected chi connectivity index (χ3v) is 7.34. The van der Waals surface area contributed by atoms with Gasteiger partial charge in [-0.05, 0) is 56.9 Å². The molecule has 6 heterocycles. The van der Waals surface area contributed by atoms with Crippen LogP contribution in [-0.2, 0) is 16.1 Å². The number of rotatable bonds is 6. The number of fused-ring (bicyclic) bond motifs is 5. The summed E-state index contributed by atoms with van der Waals surface area (Å²) in [5.41, 5.74) is 2.78. The lowest BCUT2D eigenvalue weighted by Crippen LogP contribution is -2.63. The predicted octanol–water partition coefficient (Wildman–Crippen LogP) is 3.09. The number of aryl methyl sites for hydroxylation is 1. The molecule has 35 heavy (non-hydrogen) atoms. The van der Waals surface area contributed by atoms with E-state index in [0.717, 1.165) is 37.1 Å². The Hall–Kier alpha value is -3.37. The van der Waals surface area contributed by atoms with Crippen molar-refractivity contribution in [3.05, 3.63) is 47.7 Å². The highest BCUT2D eigenvalue weighted by molar-refractivity contribution is 5.94. The maximum Gasteiger partial charge on any atom is 0.263 e. The fourth-order valence-corrected chi connectivity index (χ4v) is 5.16. The first-order chi connectivity index (χ1) is 16.9. The van der Waals surface area contributed by atoms with Crippen LogP contribution in [0.25, 0.3) is 11.0 Å². The van der Waals surface area contributed by atoms with Gasteiger partial charge in [-0.2, -0.15) is 0 Å². The first-order valence-electron chi connectivity index (χ1n) is 11.9. The zero-order valence-corrected chi connectivity index (χ0v) is 19.5. The molecule has 1 amide bonds. The summed E-state index contributed by atoms with van der Waals surface area (Å²) in [5, 5.41) is 9.69. The normalized spacial score (nSPS) is 25.1. The minimum atomic E-state index is -0.409. The number of ether oxygens (including phenoxy) is 2. The van der Waals surface area contributed by atoms with Gasteiger partial charge in [0.15, 0.2) is 24.0 Å². The van der Waals surface area contributed by atoms with E-state index in [9.17, 15) is 9.18 Å². The number of amides is 1. The largest absolute Gasteiger partial charge is 0.480 e. The average molecular weight is 479 g/mol. The number of pyridine rings is 3. The van der Waals surface area contributed by atoms with E-state index < -0.39 is 5.82 Å². The van der Waals surface area contributed by atoms with E-state index in [0.29, 0.717) is 48.0 Å². The summed E-state index contributed by atoms with van der Waals surface area (Å²) < 4.78 is 26.4. The van der Waals surface area contributed by atoms with Gasteiger partial charge in [-0.3, -0.25) is 9.78 Å². The van der Waals surface area contributed by atoms with Gasteiger partial charge >= 0.3 is 0 Å². The molecule has 0 spiro atoms. The topological polar surface area (TPSA) is 110 Å². The number of nitrogens with zero attached hydrogens (tertiary/aromatic N) is 3. The van der Waals surface area contributed by atoms with Crippen LogP contribution in [0.15, 0.2) is 30.5 Å². The summed E-state index contributed by atoms with van der Waals surface area (Å²) in [7, 11) is 0. The molecule has 2 saturated heterocycles. The van der Waals surface area contributed by atoms with Gasteiger partial charge in [0.05, 0.1) is 29.6 Å². The summed E-state index contributed by atoms with van der Waals surface area (Å²) in [5.74, 6) is 0.449. The minimum Gasteiger partial charge on any atom is -0.480 e. The molecule has 3 aromatic rings. The summed E-state index contributed by atoms with van der Waals surface area (Å²) >= 11 is 0. The molecule has 4 aliphatic rings. The van der Waals surface area contributed by atoms with Crippen molar-refractivity contribution in [3.63, 3.8) is 0 Å². The van der Waals surface area contributed by atoms with Crippen LogP contribution < -0.4 is 20.7 Å². The first kappa shape index (κ1) is 22.1. The molecule has 7 rings (SSSR count). The Kier molecular flexibility index (Phi) is 5.30. The number of carbonyl (C=O) groups excluding carboxylic acids is 1. The van der Waals surface area contributed by atoms with E-state index in [4.69, 9.17) is 9.47 Å². The number of hydrogen-bond acceptors (Lipinski definition) is 8. The smallest absolute Gasteiger partial charge is 0.263 e. The molecule has 3 aliphatic heterocycles. The fraction of sp³-hybridized carbons (Fsp3) is 0.440. The zero-order valence-electron chi connectivity index (χ0n) is 19.5. The van der Waals surface area contributed by atoms with E-state index in [1.165, 1.54) is 6.20 Å². The Balaban J connectivity index is 1.10. The van der Waals surface area contributed by atoms with Crippen molar-refractivity contribution >= 4 is 28.4 Å². The molecule has 0 atom stereocenters.